The van der Waals surface area contributed by atoms with E-state index in [1.165, 1.54) is 5.56 Å². The van der Waals surface area contributed by atoms with Gasteiger partial charge in [-0.1, -0.05) is 24.2 Å². The Morgan fingerprint density at radius 3 is 2.73 bits per heavy atom. The standard InChI is InChI=1S/C22H25N5O3/c1-2-16-6-8-17(9-7-16)25-21(29)27-12-4-10-22(15-27)13-19(26-30-22)20(28)24-18-5-3-11-23-14-18/h3,5-9,11,14H,2,4,10,12-13,15H2,1H3,(H,24,28)(H,25,29). The maximum absolute atomic E-state index is 12.8. The molecule has 156 valence electrons. The molecule has 1 aromatic heterocycles. The summed E-state index contributed by atoms with van der Waals surface area (Å²) in [6, 6.07) is 11.2. The molecule has 0 aliphatic carbocycles. The lowest BCUT2D eigenvalue weighted by molar-refractivity contribution is -0.110. The molecule has 0 radical (unpaired) electrons. The molecular formula is C22H25N5O3. The Labute approximate surface area is 175 Å². The number of aromatic nitrogens is 1. The first-order chi connectivity index (χ1) is 14.6. The number of nitrogens with one attached hydrogen (secondary N) is 2. The number of pyridine rings is 1. The normalized spacial score (nSPS) is 20.4. The average molecular weight is 407 g/mol. The van der Waals surface area contributed by atoms with Crippen LogP contribution in [0.3, 0.4) is 0 Å². The number of benzene rings is 1. The fourth-order valence-corrected chi connectivity index (χ4v) is 3.80. The summed E-state index contributed by atoms with van der Waals surface area (Å²) in [7, 11) is 0. The van der Waals surface area contributed by atoms with Crippen molar-refractivity contribution in [2.24, 2.45) is 5.16 Å². The van der Waals surface area contributed by atoms with E-state index in [1.807, 2.05) is 24.3 Å². The first kappa shape index (κ1) is 19.9. The molecule has 1 saturated heterocycles. The van der Waals surface area contributed by atoms with Crippen molar-refractivity contribution in [1.82, 2.24) is 9.88 Å². The van der Waals surface area contributed by atoms with Crippen LogP contribution in [0.1, 0.15) is 31.7 Å². The number of hydrogen-bond acceptors (Lipinski definition) is 5. The van der Waals surface area contributed by atoms with Crippen LogP contribution < -0.4 is 10.6 Å². The predicted octanol–water partition coefficient (Wildman–Crippen LogP) is 3.43. The Hall–Kier alpha value is -3.42. The van der Waals surface area contributed by atoms with Crippen molar-refractivity contribution < 1.29 is 14.4 Å². The van der Waals surface area contributed by atoms with E-state index >= 15 is 0 Å². The summed E-state index contributed by atoms with van der Waals surface area (Å²) in [4.78, 5) is 36.7. The predicted molar refractivity (Wildman–Crippen MR) is 114 cm³/mol. The third-order valence-corrected chi connectivity index (χ3v) is 5.46. The van der Waals surface area contributed by atoms with E-state index in [9.17, 15) is 9.59 Å². The van der Waals surface area contributed by atoms with E-state index in [2.05, 4.69) is 27.7 Å². The number of amides is 3. The molecule has 2 N–H and O–H groups in total. The highest BCUT2D eigenvalue weighted by molar-refractivity contribution is 6.43. The van der Waals surface area contributed by atoms with Crippen LogP contribution in [0.5, 0.6) is 0 Å². The van der Waals surface area contributed by atoms with Crippen LogP contribution in [-0.4, -0.2) is 46.2 Å². The second-order valence-electron chi connectivity index (χ2n) is 7.69. The van der Waals surface area contributed by atoms with Gasteiger partial charge in [0.05, 0.1) is 18.4 Å². The molecule has 0 saturated carbocycles. The van der Waals surface area contributed by atoms with Crippen molar-refractivity contribution in [1.29, 1.82) is 0 Å². The topological polar surface area (TPSA) is 95.9 Å². The van der Waals surface area contributed by atoms with Gasteiger partial charge in [0.1, 0.15) is 5.71 Å². The maximum Gasteiger partial charge on any atom is 0.321 e. The summed E-state index contributed by atoms with van der Waals surface area (Å²) in [5, 5.41) is 9.75. The molecule has 3 heterocycles. The van der Waals surface area contributed by atoms with Crippen LogP contribution in [0.4, 0.5) is 16.2 Å². The quantitative estimate of drug-likeness (QED) is 0.812. The van der Waals surface area contributed by atoms with Crippen LogP contribution in [0.15, 0.2) is 53.9 Å². The summed E-state index contributed by atoms with van der Waals surface area (Å²) in [5.41, 5.74) is 2.26. The fraction of sp³-hybridized carbons (Fsp3) is 0.364. The smallest absolute Gasteiger partial charge is 0.321 e. The number of nitrogens with zero attached hydrogens (tertiary/aromatic N) is 3. The number of anilines is 2. The Balaban J connectivity index is 1.35. The van der Waals surface area contributed by atoms with Crippen molar-refractivity contribution in [3.05, 3.63) is 54.4 Å². The third kappa shape index (κ3) is 4.42. The number of rotatable bonds is 4. The molecule has 2 aliphatic heterocycles. The van der Waals surface area contributed by atoms with Crippen molar-refractivity contribution in [3.63, 3.8) is 0 Å². The van der Waals surface area contributed by atoms with Crippen molar-refractivity contribution in [2.75, 3.05) is 23.7 Å². The number of aryl methyl sites for hydroxylation is 1. The van der Waals surface area contributed by atoms with Crippen LogP contribution in [0.25, 0.3) is 0 Å². The molecule has 1 atom stereocenters. The lowest BCUT2D eigenvalue weighted by atomic mass is 9.88. The lowest BCUT2D eigenvalue weighted by Crippen LogP contribution is -2.52. The minimum absolute atomic E-state index is 0.171. The molecule has 2 aliphatic rings. The Kier molecular flexibility index (Phi) is 5.65. The Bertz CT molecular complexity index is 945. The van der Waals surface area contributed by atoms with Gasteiger partial charge in [0.15, 0.2) is 5.60 Å². The van der Waals surface area contributed by atoms with Gasteiger partial charge in [-0.3, -0.25) is 9.78 Å². The van der Waals surface area contributed by atoms with Gasteiger partial charge in [0.25, 0.3) is 5.91 Å². The van der Waals surface area contributed by atoms with Crippen LogP contribution in [0, 0.1) is 0 Å². The fourth-order valence-electron chi connectivity index (χ4n) is 3.80. The molecule has 8 nitrogen and oxygen atoms in total. The number of likely N-dealkylation sites (tertiary alicyclic amines) is 1. The lowest BCUT2D eigenvalue weighted by Gasteiger charge is -2.38. The molecule has 1 unspecified atom stereocenters. The number of carbonyl (C=O) groups excluding carboxylic acids is 2. The SMILES string of the molecule is CCc1ccc(NC(=O)N2CCCC3(CC(C(=O)Nc4cccnc4)=NO3)C2)cc1. The number of piperidine rings is 1. The van der Waals surface area contributed by atoms with Gasteiger partial charge in [-0.05, 0) is 49.1 Å². The van der Waals surface area contributed by atoms with Gasteiger partial charge >= 0.3 is 6.03 Å². The minimum Gasteiger partial charge on any atom is -0.386 e. The van der Waals surface area contributed by atoms with Crippen molar-refractivity contribution in [3.8, 4) is 0 Å². The highest BCUT2D eigenvalue weighted by Gasteiger charge is 2.45. The average Bonchev–Trinajstić information content (AvgIpc) is 3.18. The molecule has 1 fully saturated rings. The highest BCUT2D eigenvalue weighted by Crippen LogP contribution is 2.34. The zero-order valence-corrected chi connectivity index (χ0v) is 16.9. The number of hydrogen-bond donors (Lipinski definition) is 2. The van der Waals surface area contributed by atoms with Crippen LogP contribution in [-0.2, 0) is 16.1 Å². The molecule has 8 heteroatoms. The number of carbonyl (C=O) groups is 2. The molecule has 1 spiro atoms. The van der Waals surface area contributed by atoms with E-state index in [4.69, 9.17) is 4.84 Å². The second-order valence-corrected chi connectivity index (χ2v) is 7.69. The summed E-state index contributed by atoms with van der Waals surface area (Å²) in [6.07, 6.45) is 6.07. The molecule has 4 rings (SSSR count). The highest BCUT2D eigenvalue weighted by atomic mass is 16.7. The van der Waals surface area contributed by atoms with Crippen LogP contribution in [0.2, 0.25) is 0 Å². The minimum atomic E-state index is -0.650. The zero-order chi connectivity index (χ0) is 21.0. The third-order valence-electron chi connectivity index (χ3n) is 5.46. The molecule has 30 heavy (non-hydrogen) atoms. The van der Waals surface area contributed by atoms with Gasteiger partial charge in [0.2, 0.25) is 0 Å². The van der Waals surface area contributed by atoms with Gasteiger partial charge < -0.3 is 20.4 Å². The molecular weight excluding hydrogens is 382 g/mol. The molecule has 3 amide bonds. The number of oxime groups is 1. The Morgan fingerprint density at radius 1 is 1.17 bits per heavy atom. The van der Waals surface area contributed by atoms with Gasteiger partial charge in [-0.15, -0.1) is 0 Å². The molecule has 1 aromatic carbocycles. The Morgan fingerprint density at radius 2 is 2.00 bits per heavy atom. The zero-order valence-electron chi connectivity index (χ0n) is 16.9. The first-order valence-electron chi connectivity index (χ1n) is 10.2. The van der Waals surface area contributed by atoms with Crippen molar-refractivity contribution in [2.45, 2.75) is 38.2 Å². The van der Waals surface area contributed by atoms with Gasteiger partial charge in [0, 0.05) is 24.8 Å². The largest absolute Gasteiger partial charge is 0.386 e. The van der Waals surface area contributed by atoms with E-state index in [0.717, 1.165) is 24.9 Å². The summed E-state index contributed by atoms with van der Waals surface area (Å²) in [5.74, 6) is -0.308. The summed E-state index contributed by atoms with van der Waals surface area (Å²) >= 11 is 0. The maximum atomic E-state index is 12.8. The summed E-state index contributed by atoms with van der Waals surface area (Å²) < 4.78 is 0. The van der Waals surface area contributed by atoms with Gasteiger partial charge in [-0.25, -0.2) is 4.79 Å². The second kappa shape index (κ2) is 8.52. The van der Waals surface area contributed by atoms with E-state index in [0.29, 0.717) is 30.9 Å². The first-order valence-corrected chi connectivity index (χ1v) is 10.2. The molecule has 2 aromatic rings. The van der Waals surface area contributed by atoms with Crippen LogP contribution >= 0.6 is 0 Å². The summed E-state index contributed by atoms with van der Waals surface area (Å²) in [6.45, 7) is 3.12. The van der Waals surface area contributed by atoms with Gasteiger partial charge in [-0.2, -0.15) is 0 Å². The molecule has 0 bridgehead atoms. The number of urea groups is 1. The van der Waals surface area contributed by atoms with Crippen molar-refractivity contribution >= 4 is 29.0 Å². The van der Waals surface area contributed by atoms with E-state index < -0.39 is 5.60 Å². The van der Waals surface area contributed by atoms with E-state index in [-0.39, 0.29) is 11.9 Å². The monoisotopic (exact) mass is 407 g/mol. The van der Waals surface area contributed by atoms with E-state index in [1.54, 1.807) is 29.4 Å².